The van der Waals surface area contributed by atoms with Crippen LogP contribution in [-0.4, -0.2) is 5.78 Å². The molecular weight excluding hydrogens is 112 g/mol. The van der Waals surface area contributed by atoms with E-state index < -0.39 is 0 Å². The standard InChI is InChI=1S/C8H12O/c1-3-7-4-6(2)5-8(7)9/h5,7H,3-4H2,1-2H3. The fourth-order valence-corrected chi connectivity index (χ4v) is 1.25. The van der Waals surface area contributed by atoms with Gasteiger partial charge < -0.3 is 0 Å². The van der Waals surface area contributed by atoms with Gasteiger partial charge in [0.05, 0.1) is 0 Å². The molecule has 0 N–H and O–H groups in total. The number of carbonyl (C=O) groups is 1. The first kappa shape index (κ1) is 6.53. The van der Waals surface area contributed by atoms with E-state index in [1.807, 2.05) is 6.92 Å². The minimum absolute atomic E-state index is 0.310. The van der Waals surface area contributed by atoms with Crippen LogP contribution < -0.4 is 0 Å². The SMILES string of the molecule is CCC1CC(C)=CC1=O. The van der Waals surface area contributed by atoms with Gasteiger partial charge in [0.1, 0.15) is 0 Å². The second-order valence-electron chi connectivity index (χ2n) is 2.70. The van der Waals surface area contributed by atoms with Gasteiger partial charge in [-0.3, -0.25) is 4.79 Å². The number of allylic oxidation sites excluding steroid dienone is 2. The average molecular weight is 124 g/mol. The molecule has 1 heteroatoms. The maximum Gasteiger partial charge on any atom is 0.159 e. The third-order valence-corrected chi connectivity index (χ3v) is 1.85. The molecule has 0 bridgehead atoms. The number of rotatable bonds is 1. The molecule has 1 unspecified atom stereocenters. The molecule has 0 saturated carbocycles. The van der Waals surface area contributed by atoms with Gasteiger partial charge in [-0.15, -0.1) is 0 Å². The van der Waals surface area contributed by atoms with Crippen LogP contribution >= 0.6 is 0 Å². The second kappa shape index (κ2) is 2.34. The third-order valence-electron chi connectivity index (χ3n) is 1.85. The topological polar surface area (TPSA) is 17.1 Å². The maximum absolute atomic E-state index is 10.9. The molecule has 9 heavy (non-hydrogen) atoms. The number of hydrogen-bond acceptors (Lipinski definition) is 1. The average Bonchev–Trinajstić information content (AvgIpc) is 2.10. The van der Waals surface area contributed by atoms with Crippen molar-refractivity contribution in [1.29, 1.82) is 0 Å². The highest BCUT2D eigenvalue weighted by atomic mass is 16.1. The summed E-state index contributed by atoms with van der Waals surface area (Å²) in [5.41, 5.74) is 1.24. The van der Waals surface area contributed by atoms with Crippen LogP contribution in [0.3, 0.4) is 0 Å². The molecule has 0 amide bonds. The Morgan fingerprint density at radius 2 is 2.44 bits per heavy atom. The maximum atomic E-state index is 10.9. The highest BCUT2D eigenvalue weighted by molar-refractivity contribution is 5.94. The van der Waals surface area contributed by atoms with E-state index in [2.05, 4.69) is 6.92 Å². The molecule has 1 nitrogen and oxygen atoms in total. The Labute approximate surface area is 55.8 Å². The lowest BCUT2D eigenvalue weighted by atomic mass is 10.0. The zero-order valence-electron chi connectivity index (χ0n) is 5.98. The Kier molecular flexibility index (Phi) is 1.70. The van der Waals surface area contributed by atoms with Crippen LogP contribution in [0.2, 0.25) is 0 Å². The summed E-state index contributed by atoms with van der Waals surface area (Å²) < 4.78 is 0. The van der Waals surface area contributed by atoms with Gasteiger partial charge in [-0.2, -0.15) is 0 Å². The normalized spacial score (nSPS) is 26.7. The Bertz CT molecular complexity index is 156. The van der Waals surface area contributed by atoms with E-state index in [-0.39, 0.29) is 0 Å². The predicted molar refractivity (Wildman–Crippen MR) is 37.2 cm³/mol. The summed E-state index contributed by atoms with van der Waals surface area (Å²) in [4.78, 5) is 10.9. The molecule has 0 aromatic carbocycles. The molecule has 1 aliphatic carbocycles. The van der Waals surface area contributed by atoms with Crippen molar-refractivity contribution in [2.75, 3.05) is 0 Å². The first-order chi connectivity index (χ1) is 4.24. The molecular formula is C8H12O. The molecule has 0 fully saturated rings. The molecule has 1 aliphatic rings. The van der Waals surface area contributed by atoms with E-state index in [0.717, 1.165) is 12.8 Å². The lowest BCUT2D eigenvalue weighted by Gasteiger charge is -2.00. The smallest absolute Gasteiger partial charge is 0.159 e. The van der Waals surface area contributed by atoms with Crippen molar-refractivity contribution in [3.63, 3.8) is 0 Å². The van der Waals surface area contributed by atoms with Crippen LogP contribution in [0.1, 0.15) is 26.7 Å². The zero-order valence-corrected chi connectivity index (χ0v) is 5.98. The number of hydrogen-bond donors (Lipinski definition) is 0. The third kappa shape index (κ3) is 1.21. The van der Waals surface area contributed by atoms with E-state index in [1.165, 1.54) is 5.57 Å². The van der Waals surface area contributed by atoms with Gasteiger partial charge in [0.25, 0.3) is 0 Å². The van der Waals surface area contributed by atoms with Crippen LogP contribution in [0.4, 0.5) is 0 Å². The molecule has 1 rings (SSSR count). The van der Waals surface area contributed by atoms with Crippen molar-refractivity contribution < 1.29 is 4.79 Å². The van der Waals surface area contributed by atoms with Crippen LogP contribution in [-0.2, 0) is 4.79 Å². The minimum atomic E-state index is 0.310. The van der Waals surface area contributed by atoms with E-state index in [9.17, 15) is 4.79 Å². The van der Waals surface area contributed by atoms with Crippen LogP contribution in [0.15, 0.2) is 11.6 Å². The molecule has 0 aromatic rings. The monoisotopic (exact) mass is 124 g/mol. The van der Waals surface area contributed by atoms with Crippen LogP contribution in [0, 0.1) is 5.92 Å². The van der Waals surface area contributed by atoms with E-state index in [4.69, 9.17) is 0 Å². The molecule has 1 atom stereocenters. The molecule has 0 aliphatic heterocycles. The van der Waals surface area contributed by atoms with E-state index in [1.54, 1.807) is 6.08 Å². The molecule has 0 radical (unpaired) electrons. The Morgan fingerprint density at radius 3 is 2.67 bits per heavy atom. The van der Waals surface area contributed by atoms with Gasteiger partial charge in [-0.1, -0.05) is 12.5 Å². The molecule has 0 aromatic heterocycles. The van der Waals surface area contributed by atoms with Gasteiger partial charge in [-0.25, -0.2) is 0 Å². The van der Waals surface area contributed by atoms with Gasteiger partial charge in [0.2, 0.25) is 0 Å². The van der Waals surface area contributed by atoms with Gasteiger partial charge in [0, 0.05) is 5.92 Å². The Balaban J connectivity index is 2.60. The van der Waals surface area contributed by atoms with Crippen LogP contribution in [0.25, 0.3) is 0 Å². The van der Waals surface area contributed by atoms with Crippen molar-refractivity contribution in [1.82, 2.24) is 0 Å². The van der Waals surface area contributed by atoms with E-state index in [0.29, 0.717) is 11.7 Å². The lowest BCUT2D eigenvalue weighted by Crippen LogP contribution is -2.03. The van der Waals surface area contributed by atoms with Gasteiger partial charge in [-0.05, 0) is 25.8 Å². The van der Waals surface area contributed by atoms with Gasteiger partial charge >= 0.3 is 0 Å². The Hall–Kier alpha value is -0.590. The summed E-state index contributed by atoms with van der Waals surface area (Å²) in [6.07, 6.45) is 3.76. The van der Waals surface area contributed by atoms with Crippen molar-refractivity contribution in [2.24, 2.45) is 5.92 Å². The summed E-state index contributed by atoms with van der Waals surface area (Å²) in [5, 5.41) is 0. The highest BCUT2D eigenvalue weighted by Crippen LogP contribution is 2.23. The largest absolute Gasteiger partial charge is 0.295 e. The molecule has 50 valence electrons. The molecule has 0 spiro atoms. The summed E-state index contributed by atoms with van der Waals surface area (Å²) in [5.74, 6) is 0.639. The first-order valence-electron chi connectivity index (χ1n) is 3.45. The van der Waals surface area contributed by atoms with Crippen molar-refractivity contribution in [3.8, 4) is 0 Å². The van der Waals surface area contributed by atoms with Gasteiger partial charge in [0.15, 0.2) is 5.78 Å². The highest BCUT2D eigenvalue weighted by Gasteiger charge is 2.20. The minimum Gasteiger partial charge on any atom is -0.295 e. The molecule has 0 heterocycles. The lowest BCUT2D eigenvalue weighted by molar-refractivity contribution is -0.117. The number of carbonyl (C=O) groups excluding carboxylic acids is 1. The molecule has 0 saturated heterocycles. The summed E-state index contributed by atoms with van der Waals surface area (Å²) in [6, 6.07) is 0. The summed E-state index contributed by atoms with van der Waals surface area (Å²) >= 11 is 0. The fraction of sp³-hybridized carbons (Fsp3) is 0.625. The van der Waals surface area contributed by atoms with Crippen molar-refractivity contribution in [2.45, 2.75) is 26.7 Å². The van der Waals surface area contributed by atoms with E-state index >= 15 is 0 Å². The van der Waals surface area contributed by atoms with Crippen molar-refractivity contribution in [3.05, 3.63) is 11.6 Å². The predicted octanol–water partition coefficient (Wildman–Crippen LogP) is 1.93. The first-order valence-corrected chi connectivity index (χ1v) is 3.45. The summed E-state index contributed by atoms with van der Waals surface area (Å²) in [6.45, 7) is 4.09. The van der Waals surface area contributed by atoms with Crippen molar-refractivity contribution >= 4 is 5.78 Å². The Morgan fingerprint density at radius 1 is 1.78 bits per heavy atom. The number of ketones is 1. The van der Waals surface area contributed by atoms with Crippen LogP contribution in [0.5, 0.6) is 0 Å². The fourth-order valence-electron chi connectivity index (χ4n) is 1.25. The zero-order chi connectivity index (χ0) is 6.85. The summed E-state index contributed by atoms with van der Waals surface area (Å²) in [7, 11) is 0. The second-order valence-corrected chi connectivity index (χ2v) is 2.70. The quantitative estimate of drug-likeness (QED) is 0.522.